The van der Waals surface area contributed by atoms with Gasteiger partial charge in [-0.2, -0.15) is 5.10 Å². The Bertz CT molecular complexity index is 932. The normalized spacial score (nSPS) is 15.1. The molecule has 1 aliphatic rings. The van der Waals surface area contributed by atoms with Gasteiger partial charge in [-0.1, -0.05) is 30.3 Å². The molecule has 3 aromatic rings. The van der Waals surface area contributed by atoms with Gasteiger partial charge in [-0.3, -0.25) is 9.69 Å². The molecule has 140 valence electrons. The highest BCUT2D eigenvalue weighted by atomic mass is 16.5. The van der Waals surface area contributed by atoms with Crippen molar-refractivity contribution >= 4 is 11.6 Å². The van der Waals surface area contributed by atoms with Gasteiger partial charge in [-0.25, -0.2) is 9.50 Å². The van der Waals surface area contributed by atoms with Gasteiger partial charge in [0.2, 0.25) is 0 Å². The van der Waals surface area contributed by atoms with Gasteiger partial charge in [0.25, 0.3) is 5.91 Å². The molecule has 7 heteroatoms. The van der Waals surface area contributed by atoms with E-state index < -0.39 is 0 Å². The van der Waals surface area contributed by atoms with Crippen LogP contribution in [0.25, 0.3) is 16.9 Å². The summed E-state index contributed by atoms with van der Waals surface area (Å²) in [5, 5.41) is 7.37. The minimum Gasteiger partial charge on any atom is -0.379 e. The smallest absolute Gasteiger partial charge is 0.271 e. The molecule has 3 heterocycles. The van der Waals surface area contributed by atoms with Crippen molar-refractivity contribution in [2.24, 2.45) is 0 Å². The second-order valence-electron chi connectivity index (χ2n) is 6.66. The summed E-state index contributed by atoms with van der Waals surface area (Å²) in [7, 11) is 0. The highest BCUT2D eigenvalue weighted by Crippen LogP contribution is 2.19. The third kappa shape index (κ3) is 3.99. The molecular formula is C20H23N5O2. The molecule has 1 saturated heterocycles. The van der Waals surface area contributed by atoms with E-state index in [2.05, 4.69) is 20.3 Å². The summed E-state index contributed by atoms with van der Waals surface area (Å²) in [5.74, 6) is -0.172. The molecule has 1 aliphatic heterocycles. The zero-order valence-electron chi connectivity index (χ0n) is 15.4. The van der Waals surface area contributed by atoms with Gasteiger partial charge >= 0.3 is 0 Å². The molecular weight excluding hydrogens is 342 g/mol. The van der Waals surface area contributed by atoms with Crippen molar-refractivity contribution in [2.75, 3.05) is 39.4 Å². The van der Waals surface area contributed by atoms with Crippen LogP contribution in [0.3, 0.4) is 0 Å². The Morgan fingerprint density at radius 3 is 2.74 bits per heavy atom. The number of morpholine rings is 1. The first-order valence-electron chi connectivity index (χ1n) is 9.22. The number of amides is 1. The van der Waals surface area contributed by atoms with E-state index in [-0.39, 0.29) is 5.91 Å². The van der Waals surface area contributed by atoms with Crippen LogP contribution in [0, 0.1) is 6.92 Å². The van der Waals surface area contributed by atoms with Crippen molar-refractivity contribution in [2.45, 2.75) is 6.92 Å². The minimum absolute atomic E-state index is 0.172. The average Bonchev–Trinajstić information content (AvgIpc) is 3.14. The van der Waals surface area contributed by atoms with Gasteiger partial charge < -0.3 is 10.1 Å². The van der Waals surface area contributed by atoms with Crippen molar-refractivity contribution in [1.29, 1.82) is 0 Å². The Hall–Kier alpha value is -2.77. The van der Waals surface area contributed by atoms with Gasteiger partial charge in [0.1, 0.15) is 0 Å². The van der Waals surface area contributed by atoms with Crippen molar-refractivity contribution in [3.05, 3.63) is 53.9 Å². The van der Waals surface area contributed by atoms with E-state index in [1.54, 1.807) is 10.6 Å². The van der Waals surface area contributed by atoms with Gasteiger partial charge in [0.05, 0.1) is 18.9 Å². The maximum atomic E-state index is 12.5. The van der Waals surface area contributed by atoms with Crippen molar-refractivity contribution in [3.63, 3.8) is 0 Å². The first-order valence-corrected chi connectivity index (χ1v) is 9.22. The molecule has 0 aliphatic carbocycles. The molecule has 1 fully saturated rings. The zero-order valence-corrected chi connectivity index (χ0v) is 15.4. The average molecular weight is 365 g/mol. The Morgan fingerprint density at radius 2 is 1.96 bits per heavy atom. The SMILES string of the molecule is Cc1cc(-c2ccccc2)nc2cc(C(=O)NCCN3CCOCC3)nn12. The summed E-state index contributed by atoms with van der Waals surface area (Å²) in [6.07, 6.45) is 0. The molecule has 2 aromatic heterocycles. The summed E-state index contributed by atoms with van der Waals surface area (Å²) in [4.78, 5) is 19.4. The number of ether oxygens (including phenoxy) is 1. The molecule has 0 saturated carbocycles. The van der Waals surface area contributed by atoms with Crippen LogP contribution in [-0.2, 0) is 4.74 Å². The summed E-state index contributed by atoms with van der Waals surface area (Å²) >= 11 is 0. The predicted octanol–water partition coefficient (Wildman–Crippen LogP) is 1.77. The zero-order chi connectivity index (χ0) is 18.6. The highest BCUT2D eigenvalue weighted by Gasteiger charge is 2.15. The number of benzene rings is 1. The first kappa shape index (κ1) is 17.6. The lowest BCUT2D eigenvalue weighted by atomic mass is 10.1. The van der Waals surface area contributed by atoms with Gasteiger partial charge in [-0.05, 0) is 13.0 Å². The molecule has 1 N–H and O–H groups in total. The number of aromatic nitrogens is 3. The largest absolute Gasteiger partial charge is 0.379 e. The van der Waals surface area contributed by atoms with E-state index in [1.807, 2.05) is 43.3 Å². The lowest BCUT2D eigenvalue weighted by Crippen LogP contribution is -2.41. The van der Waals surface area contributed by atoms with Crippen LogP contribution in [-0.4, -0.2) is 64.8 Å². The van der Waals surface area contributed by atoms with Gasteiger partial charge in [0, 0.05) is 43.5 Å². The monoisotopic (exact) mass is 365 g/mol. The lowest BCUT2D eigenvalue weighted by molar-refractivity contribution is 0.0383. The fraction of sp³-hybridized carbons (Fsp3) is 0.350. The van der Waals surface area contributed by atoms with Crippen molar-refractivity contribution in [3.8, 4) is 11.3 Å². The standard InChI is InChI=1S/C20H23N5O2/c1-15-13-17(16-5-3-2-4-6-16)22-19-14-18(23-25(15)19)20(26)21-7-8-24-9-11-27-12-10-24/h2-6,13-14H,7-12H2,1H3,(H,21,26). The van der Waals surface area contributed by atoms with Crippen LogP contribution < -0.4 is 5.32 Å². The fourth-order valence-corrected chi connectivity index (χ4v) is 3.24. The molecule has 27 heavy (non-hydrogen) atoms. The van der Waals surface area contributed by atoms with Crippen LogP contribution >= 0.6 is 0 Å². The number of nitrogens with one attached hydrogen (secondary N) is 1. The second-order valence-corrected chi connectivity index (χ2v) is 6.66. The van der Waals surface area contributed by atoms with Gasteiger partial charge in [-0.15, -0.1) is 0 Å². The molecule has 0 unspecified atom stereocenters. The summed E-state index contributed by atoms with van der Waals surface area (Å²) in [5.41, 5.74) is 3.91. The summed E-state index contributed by atoms with van der Waals surface area (Å²) in [6, 6.07) is 13.7. The number of carbonyl (C=O) groups is 1. The van der Waals surface area contributed by atoms with Crippen LogP contribution in [0.5, 0.6) is 0 Å². The molecule has 1 amide bonds. The van der Waals surface area contributed by atoms with Crippen molar-refractivity contribution < 1.29 is 9.53 Å². The van der Waals surface area contributed by atoms with E-state index in [0.29, 0.717) is 17.9 Å². The Balaban J connectivity index is 1.47. The fourth-order valence-electron chi connectivity index (χ4n) is 3.24. The molecule has 0 radical (unpaired) electrons. The Kier molecular flexibility index (Phi) is 5.13. The first-order chi connectivity index (χ1) is 13.2. The maximum absolute atomic E-state index is 12.5. The second kappa shape index (κ2) is 7.85. The van der Waals surface area contributed by atoms with E-state index in [9.17, 15) is 4.79 Å². The number of nitrogens with zero attached hydrogens (tertiary/aromatic N) is 4. The van der Waals surface area contributed by atoms with Crippen LogP contribution in [0.4, 0.5) is 0 Å². The van der Waals surface area contributed by atoms with Crippen LogP contribution in [0.1, 0.15) is 16.2 Å². The lowest BCUT2D eigenvalue weighted by Gasteiger charge is -2.26. The number of carbonyl (C=O) groups excluding carboxylic acids is 1. The number of hydrogen-bond donors (Lipinski definition) is 1. The minimum atomic E-state index is -0.172. The molecule has 4 rings (SSSR count). The quantitative estimate of drug-likeness (QED) is 0.746. The summed E-state index contributed by atoms with van der Waals surface area (Å²) < 4.78 is 7.05. The number of hydrogen-bond acceptors (Lipinski definition) is 5. The number of fused-ring (bicyclic) bond motifs is 1. The Labute approximate surface area is 158 Å². The van der Waals surface area contributed by atoms with Crippen molar-refractivity contribution in [1.82, 2.24) is 24.8 Å². The Morgan fingerprint density at radius 1 is 1.19 bits per heavy atom. The van der Waals surface area contributed by atoms with E-state index in [4.69, 9.17) is 4.74 Å². The third-order valence-corrected chi connectivity index (χ3v) is 4.72. The van der Waals surface area contributed by atoms with E-state index in [0.717, 1.165) is 49.8 Å². The third-order valence-electron chi connectivity index (χ3n) is 4.72. The maximum Gasteiger partial charge on any atom is 0.271 e. The van der Waals surface area contributed by atoms with E-state index >= 15 is 0 Å². The van der Waals surface area contributed by atoms with Crippen LogP contribution in [0.15, 0.2) is 42.5 Å². The van der Waals surface area contributed by atoms with Crippen LogP contribution in [0.2, 0.25) is 0 Å². The number of aryl methyl sites for hydroxylation is 1. The highest BCUT2D eigenvalue weighted by molar-refractivity contribution is 5.93. The van der Waals surface area contributed by atoms with E-state index in [1.165, 1.54) is 0 Å². The predicted molar refractivity (Wildman–Crippen MR) is 103 cm³/mol. The molecule has 7 nitrogen and oxygen atoms in total. The molecule has 1 aromatic carbocycles. The topological polar surface area (TPSA) is 71.8 Å². The van der Waals surface area contributed by atoms with Gasteiger partial charge in [0.15, 0.2) is 11.3 Å². The summed E-state index contributed by atoms with van der Waals surface area (Å²) in [6.45, 7) is 6.72. The molecule has 0 atom stereocenters. The molecule has 0 spiro atoms. The molecule has 0 bridgehead atoms. The number of rotatable bonds is 5.